The predicted molar refractivity (Wildman–Crippen MR) is 98.1 cm³/mol. The smallest absolute Gasteiger partial charge is 0.242 e. The molecule has 0 N–H and O–H groups in total. The number of carbonyl (C=O) groups is 1. The van der Waals surface area contributed by atoms with E-state index in [2.05, 4.69) is 24.1 Å². The van der Waals surface area contributed by atoms with Gasteiger partial charge in [-0.3, -0.25) is 4.79 Å². The van der Waals surface area contributed by atoms with Gasteiger partial charge in [0.25, 0.3) is 0 Å². The van der Waals surface area contributed by atoms with E-state index in [1.807, 2.05) is 65.4 Å². The van der Waals surface area contributed by atoms with Crippen LogP contribution in [-0.4, -0.2) is 56.0 Å². The molecule has 2 aromatic rings. The van der Waals surface area contributed by atoms with Gasteiger partial charge in [-0.2, -0.15) is 0 Å². The van der Waals surface area contributed by atoms with Crippen molar-refractivity contribution in [1.29, 1.82) is 0 Å². The lowest BCUT2D eigenvalue weighted by Crippen LogP contribution is -2.51. The lowest BCUT2D eigenvalue weighted by Gasteiger charge is -2.41. The molecule has 2 aromatic carbocycles. The van der Waals surface area contributed by atoms with E-state index in [1.165, 1.54) is 5.56 Å². The van der Waals surface area contributed by atoms with Crippen molar-refractivity contribution < 1.29 is 4.79 Å². The van der Waals surface area contributed by atoms with Crippen molar-refractivity contribution in [2.24, 2.45) is 0 Å². The molecule has 1 atom stereocenters. The molecule has 1 saturated heterocycles. The highest BCUT2D eigenvalue weighted by Crippen LogP contribution is 2.25. The average molecular weight is 323 g/mol. The minimum atomic E-state index is 0.127. The fourth-order valence-corrected chi connectivity index (χ4v) is 3.25. The van der Waals surface area contributed by atoms with Crippen molar-refractivity contribution in [2.75, 3.05) is 45.2 Å². The Morgan fingerprint density at radius 1 is 1.04 bits per heavy atom. The van der Waals surface area contributed by atoms with Crippen LogP contribution in [0.3, 0.4) is 0 Å². The monoisotopic (exact) mass is 323 g/mol. The van der Waals surface area contributed by atoms with Crippen LogP contribution in [0.25, 0.3) is 0 Å². The predicted octanol–water partition coefficient (Wildman–Crippen LogP) is 2.64. The van der Waals surface area contributed by atoms with Crippen LogP contribution in [0.5, 0.6) is 0 Å². The molecule has 24 heavy (non-hydrogen) atoms. The number of para-hydroxylation sites is 1. The maximum absolute atomic E-state index is 12.9. The molecule has 1 heterocycles. The summed E-state index contributed by atoms with van der Waals surface area (Å²) in [5.41, 5.74) is 2.27. The molecular weight excluding hydrogens is 298 g/mol. The van der Waals surface area contributed by atoms with Gasteiger partial charge in [0.15, 0.2) is 0 Å². The Balaban J connectivity index is 1.74. The second-order valence-corrected chi connectivity index (χ2v) is 6.47. The second-order valence-electron chi connectivity index (χ2n) is 6.47. The molecule has 1 amide bonds. The third-order valence-corrected chi connectivity index (χ3v) is 4.66. The van der Waals surface area contributed by atoms with Gasteiger partial charge in [-0.05, 0) is 24.7 Å². The van der Waals surface area contributed by atoms with E-state index in [1.54, 1.807) is 0 Å². The fraction of sp³-hybridized carbons (Fsp3) is 0.350. The molecule has 1 aliphatic rings. The number of hydrogen-bond acceptors (Lipinski definition) is 3. The highest BCUT2D eigenvalue weighted by Gasteiger charge is 2.30. The van der Waals surface area contributed by atoms with Crippen LogP contribution in [0.2, 0.25) is 0 Å². The Morgan fingerprint density at radius 3 is 2.33 bits per heavy atom. The topological polar surface area (TPSA) is 26.8 Å². The summed E-state index contributed by atoms with van der Waals surface area (Å²) in [5.74, 6) is 0.184. The Kier molecular flexibility index (Phi) is 5.16. The van der Waals surface area contributed by atoms with Crippen molar-refractivity contribution in [3.05, 3.63) is 66.2 Å². The first-order chi connectivity index (χ1) is 11.6. The summed E-state index contributed by atoms with van der Waals surface area (Å²) in [7, 11) is 4.09. The number of hydrogen-bond donors (Lipinski definition) is 0. The zero-order valence-corrected chi connectivity index (χ0v) is 14.4. The first-order valence-corrected chi connectivity index (χ1v) is 8.44. The highest BCUT2D eigenvalue weighted by molar-refractivity contribution is 5.82. The number of anilines is 1. The fourth-order valence-electron chi connectivity index (χ4n) is 3.25. The van der Waals surface area contributed by atoms with Gasteiger partial charge in [0.1, 0.15) is 0 Å². The van der Waals surface area contributed by atoms with Crippen molar-refractivity contribution in [3.8, 4) is 0 Å². The molecule has 1 aliphatic heterocycles. The summed E-state index contributed by atoms with van der Waals surface area (Å²) in [6, 6.07) is 20.5. The van der Waals surface area contributed by atoms with E-state index in [4.69, 9.17) is 0 Å². The summed E-state index contributed by atoms with van der Waals surface area (Å²) in [4.78, 5) is 19.3. The maximum Gasteiger partial charge on any atom is 0.242 e. The summed E-state index contributed by atoms with van der Waals surface area (Å²) in [5, 5.41) is 0. The van der Waals surface area contributed by atoms with E-state index in [9.17, 15) is 4.79 Å². The van der Waals surface area contributed by atoms with E-state index >= 15 is 0 Å². The lowest BCUT2D eigenvalue weighted by atomic mass is 10.0. The van der Waals surface area contributed by atoms with Crippen LogP contribution in [-0.2, 0) is 4.79 Å². The molecule has 126 valence electrons. The van der Waals surface area contributed by atoms with Crippen LogP contribution in [0, 0.1) is 0 Å². The average Bonchev–Trinajstić information content (AvgIpc) is 2.63. The first kappa shape index (κ1) is 16.5. The van der Waals surface area contributed by atoms with Crippen molar-refractivity contribution >= 4 is 11.6 Å². The van der Waals surface area contributed by atoms with Crippen LogP contribution in [0.15, 0.2) is 60.7 Å². The van der Waals surface area contributed by atoms with Gasteiger partial charge in [-0.25, -0.2) is 0 Å². The second kappa shape index (κ2) is 7.49. The van der Waals surface area contributed by atoms with Gasteiger partial charge >= 0.3 is 0 Å². The van der Waals surface area contributed by atoms with E-state index < -0.39 is 0 Å². The van der Waals surface area contributed by atoms with Gasteiger partial charge in [-0.1, -0.05) is 48.5 Å². The molecule has 0 radical (unpaired) electrons. The normalized spacial score (nSPS) is 18.4. The maximum atomic E-state index is 12.9. The third-order valence-electron chi connectivity index (χ3n) is 4.66. The molecule has 3 rings (SSSR count). The van der Waals surface area contributed by atoms with E-state index in [-0.39, 0.29) is 11.9 Å². The molecule has 0 aromatic heterocycles. The Morgan fingerprint density at radius 2 is 1.67 bits per heavy atom. The molecular formula is C20H25N3O. The van der Waals surface area contributed by atoms with Crippen molar-refractivity contribution in [1.82, 2.24) is 9.80 Å². The zero-order valence-electron chi connectivity index (χ0n) is 14.4. The van der Waals surface area contributed by atoms with Crippen molar-refractivity contribution in [2.45, 2.75) is 6.04 Å². The molecule has 0 aliphatic carbocycles. The number of likely N-dealkylation sites (N-methyl/N-ethyl adjacent to an activating group) is 2. The minimum absolute atomic E-state index is 0.127. The molecule has 4 heteroatoms. The highest BCUT2D eigenvalue weighted by atomic mass is 16.2. The molecule has 0 spiro atoms. The molecule has 4 nitrogen and oxygen atoms in total. The quantitative estimate of drug-likeness (QED) is 0.865. The Hall–Kier alpha value is -2.33. The Labute approximate surface area is 144 Å². The number of amides is 1. The van der Waals surface area contributed by atoms with Gasteiger partial charge in [0, 0.05) is 32.4 Å². The first-order valence-electron chi connectivity index (χ1n) is 8.44. The summed E-state index contributed by atoms with van der Waals surface area (Å²) >= 11 is 0. The number of benzene rings is 2. The van der Waals surface area contributed by atoms with Crippen LogP contribution in [0.4, 0.5) is 5.69 Å². The summed E-state index contributed by atoms with van der Waals surface area (Å²) in [6.07, 6.45) is 0. The summed E-state index contributed by atoms with van der Waals surface area (Å²) in [6.45, 7) is 2.98. The SMILES string of the molecule is CN1CCN(C(=O)CN(C)c2ccccc2)C(c2ccccc2)C1. The third kappa shape index (κ3) is 3.77. The van der Waals surface area contributed by atoms with Gasteiger partial charge < -0.3 is 14.7 Å². The standard InChI is InChI=1S/C20H25N3O/c1-21-13-14-23(19(15-21)17-9-5-3-6-10-17)20(24)16-22(2)18-11-7-4-8-12-18/h3-12,19H,13-16H2,1-2H3. The molecule has 1 fully saturated rings. The molecule has 0 bridgehead atoms. The molecule has 0 saturated carbocycles. The van der Waals surface area contributed by atoms with Gasteiger partial charge in [0.05, 0.1) is 12.6 Å². The van der Waals surface area contributed by atoms with Gasteiger partial charge in [0.2, 0.25) is 5.91 Å². The zero-order chi connectivity index (χ0) is 16.9. The number of nitrogens with zero attached hydrogens (tertiary/aromatic N) is 3. The lowest BCUT2D eigenvalue weighted by molar-refractivity contribution is -0.134. The summed E-state index contributed by atoms with van der Waals surface area (Å²) < 4.78 is 0. The van der Waals surface area contributed by atoms with E-state index in [0.717, 1.165) is 25.3 Å². The number of piperazine rings is 1. The number of rotatable bonds is 4. The Bertz CT molecular complexity index is 659. The largest absolute Gasteiger partial charge is 0.365 e. The minimum Gasteiger partial charge on any atom is -0.365 e. The number of carbonyl (C=O) groups excluding carboxylic acids is 1. The van der Waals surface area contributed by atoms with E-state index in [0.29, 0.717) is 6.54 Å². The van der Waals surface area contributed by atoms with Crippen molar-refractivity contribution in [3.63, 3.8) is 0 Å². The molecule has 1 unspecified atom stereocenters. The van der Waals surface area contributed by atoms with Crippen LogP contribution in [0.1, 0.15) is 11.6 Å². The van der Waals surface area contributed by atoms with Crippen LogP contribution < -0.4 is 4.90 Å². The van der Waals surface area contributed by atoms with Crippen LogP contribution >= 0.6 is 0 Å². The van der Waals surface area contributed by atoms with Gasteiger partial charge in [-0.15, -0.1) is 0 Å².